The summed E-state index contributed by atoms with van der Waals surface area (Å²) in [7, 11) is 1.60. The van der Waals surface area contributed by atoms with Crippen LogP contribution in [0.4, 0.5) is 0 Å². The van der Waals surface area contributed by atoms with Crippen molar-refractivity contribution in [3.05, 3.63) is 65.4 Å². The summed E-state index contributed by atoms with van der Waals surface area (Å²) in [5.41, 5.74) is 3.60. The molecular weight excluding hydrogens is 358 g/mol. The fourth-order valence-corrected chi connectivity index (χ4v) is 2.83. The van der Waals surface area contributed by atoms with Crippen LogP contribution in [-0.2, 0) is 33.7 Å². The summed E-state index contributed by atoms with van der Waals surface area (Å²) in [6, 6.07) is 13.3. The summed E-state index contributed by atoms with van der Waals surface area (Å²) in [5.74, 6) is -0.0719. The molecule has 0 aliphatic rings. The lowest BCUT2D eigenvalue weighted by atomic mass is 10.1. The van der Waals surface area contributed by atoms with Gasteiger partial charge in [-0.15, -0.1) is 0 Å². The Morgan fingerprint density at radius 2 is 1.82 bits per heavy atom. The molecule has 0 aliphatic carbocycles. The summed E-state index contributed by atoms with van der Waals surface area (Å²) in [6.45, 7) is 2.11. The minimum Gasteiger partial charge on any atom is -0.497 e. The molecule has 0 unspecified atom stereocenters. The Morgan fingerprint density at radius 3 is 2.54 bits per heavy atom. The molecule has 6 nitrogen and oxygen atoms in total. The van der Waals surface area contributed by atoms with E-state index in [1.807, 2.05) is 42.5 Å². The zero-order valence-corrected chi connectivity index (χ0v) is 16.0. The lowest BCUT2D eigenvalue weighted by molar-refractivity contribution is -0.147. The molecule has 1 amide bonds. The van der Waals surface area contributed by atoms with Crippen molar-refractivity contribution in [2.45, 2.75) is 26.3 Å². The SMILES string of the molecule is CCc1ccc2c(CC(=O)OCC(=O)NCc3ccc(OC)cc3)coc2c1. The molecule has 0 saturated carbocycles. The highest BCUT2D eigenvalue weighted by Gasteiger charge is 2.13. The van der Waals surface area contributed by atoms with Crippen LogP contribution in [0.25, 0.3) is 11.0 Å². The predicted octanol–water partition coefficient (Wildman–Crippen LogP) is 3.41. The van der Waals surface area contributed by atoms with Gasteiger partial charge in [0.15, 0.2) is 6.61 Å². The quantitative estimate of drug-likeness (QED) is 0.605. The number of rotatable bonds is 8. The van der Waals surface area contributed by atoms with E-state index in [9.17, 15) is 9.59 Å². The Hall–Kier alpha value is -3.28. The van der Waals surface area contributed by atoms with Gasteiger partial charge in [-0.05, 0) is 35.7 Å². The Labute approximate surface area is 163 Å². The fraction of sp³-hybridized carbons (Fsp3) is 0.273. The Bertz CT molecular complexity index is 959. The van der Waals surface area contributed by atoms with Crippen LogP contribution in [0, 0.1) is 0 Å². The molecule has 1 heterocycles. The first-order valence-corrected chi connectivity index (χ1v) is 9.13. The molecule has 1 aromatic heterocycles. The maximum absolute atomic E-state index is 12.1. The first kappa shape index (κ1) is 19.5. The summed E-state index contributed by atoms with van der Waals surface area (Å²) in [4.78, 5) is 24.0. The van der Waals surface area contributed by atoms with Gasteiger partial charge in [0.25, 0.3) is 5.91 Å². The zero-order chi connectivity index (χ0) is 19.9. The number of hydrogen-bond donors (Lipinski definition) is 1. The average Bonchev–Trinajstić information content (AvgIpc) is 3.12. The number of furan rings is 1. The summed E-state index contributed by atoms with van der Waals surface area (Å²) < 4.78 is 15.7. The molecule has 0 atom stereocenters. The van der Waals surface area contributed by atoms with Gasteiger partial charge in [0.2, 0.25) is 0 Å². The van der Waals surface area contributed by atoms with Crippen molar-refractivity contribution in [1.82, 2.24) is 5.32 Å². The summed E-state index contributed by atoms with van der Waals surface area (Å²) in [5, 5.41) is 3.60. The van der Waals surface area contributed by atoms with Crippen LogP contribution in [-0.4, -0.2) is 25.6 Å². The summed E-state index contributed by atoms with van der Waals surface area (Å²) >= 11 is 0. The number of hydrogen-bond acceptors (Lipinski definition) is 5. The van der Waals surface area contributed by atoms with Crippen LogP contribution < -0.4 is 10.1 Å². The minimum absolute atomic E-state index is 0.0598. The number of ether oxygens (including phenoxy) is 2. The number of fused-ring (bicyclic) bond motifs is 1. The topological polar surface area (TPSA) is 77.8 Å². The second-order valence-corrected chi connectivity index (χ2v) is 6.41. The molecule has 2 aromatic carbocycles. The molecule has 0 spiro atoms. The van der Waals surface area contributed by atoms with E-state index in [0.717, 1.165) is 34.3 Å². The predicted molar refractivity (Wildman–Crippen MR) is 105 cm³/mol. The van der Waals surface area contributed by atoms with Gasteiger partial charge >= 0.3 is 5.97 Å². The van der Waals surface area contributed by atoms with Crippen molar-refractivity contribution >= 4 is 22.8 Å². The maximum Gasteiger partial charge on any atom is 0.310 e. The lowest BCUT2D eigenvalue weighted by Crippen LogP contribution is -2.28. The van der Waals surface area contributed by atoms with E-state index in [-0.39, 0.29) is 18.9 Å². The molecule has 0 saturated heterocycles. The highest BCUT2D eigenvalue weighted by atomic mass is 16.5. The molecule has 0 aliphatic heterocycles. The second kappa shape index (κ2) is 9.08. The van der Waals surface area contributed by atoms with Gasteiger partial charge in [-0.25, -0.2) is 0 Å². The van der Waals surface area contributed by atoms with Gasteiger partial charge in [-0.1, -0.05) is 31.2 Å². The van der Waals surface area contributed by atoms with Gasteiger partial charge in [-0.2, -0.15) is 0 Å². The number of amides is 1. The number of nitrogens with one attached hydrogen (secondary N) is 1. The standard InChI is InChI=1S/C22H23NO5/c1-3-15-6-9-19-17(13-27-20(19)10-15)11-22(25)28-14-21(24)23-12-16-4-7-18(26-2)8-5-16/h4-10,13H,3,11-12,14H2,1-2H3,(H,23,24). The third-order valence-corrected chi connectivity index (χ3v) is 4.48. The van der Waals surface area contributed by atoms with Crippen LogP contribution in [0.2, 0.25) is 0 Å². The lowest BCUT2D eigenvalue weighted by Gasteiger charge is -2.07. The number of methoxy groups -OCH3 is 1. The number of carbonyl (C=O) groups is 2. The van der Waals surface area contributed by atoms with Crippen LogP contribution in [0.3, 0.4) is 0 Å². The van der Waals surface area contributed by atoms with E-state index in [0.29, 0.717) is 6.54 Å². The third-order valence-electron chi connectivity index (χ3n) is 4.48. The van der Waals surface area contributed by atoms with Crippen molar-refractivity contribution in [2.75, 3.05) is 13.7 Å². The van der Waals surface area contributed by atoms with Crippen molar-refractivity contribution in [3.63, 3.8) is 0 Å². The Balaban J connectivity index is 1.46. The van der Waals surface area contributed by atoms with E-state index in [2.05, 4.69) is 12.2 Å². The van der Waals surface area contributed by atoms with Crippen molar-refractivity contribution in [1.29, 1.82) is 0 Å². The van der Waals surface area contributed by atoms with Crippen LogP contribution >= 0.6 is 0 Å². The maximum atomic E-state index is 12.1. The minimum atomic E-state index is -0.470. The van der Waals surface area contributed by atoms with Crippen molar-refractivity contribution in [3.8, 4) is 5.75 Å². The van der Waals surface area contributed by atoms with Gasteiger partial charge in [0.05, 0.1) is 19.8 Å². The van der Waals surface area contributed by atoms with Gasteiger partial charge in [0.1, 0.15) is 11.3 Å². The molecular formula is C22H23NO5. The van der Waals surface area contributed by atoms with E-state index in [1.165, 1.54) is 5.56 Å². The molecule has 0 bridgehead atoms. The highest BCUT2D eigenvalue weighted by molar-refractivity contribution is 5.87. The van der Waals surface area contributed by atoms with E-state index in [1.54, 1.807) is 13.4 Å². The van der Waals surface area contributed by atoms with Crippen LogP contribution in [0.1, 0.15) is 23.6 Å². The smallest absolute Gasteiger partial charge is 0.310 e. The van der Waals surface area contributed by atoms with E-state index >= 15 is 0 Å². The normalized spacial score (nSPS) is 10.6. The summed E-state index contributed by atoms with van der Waals surface area (Å²) in [6.07, 6.45) is 2.54. The van der Waals surface area contributed by atoms with Crippen LogP contribution in [0.15, 0.2) is 53.1 Å². The molecule has 3 rings (SSSR count). The van der Waals surface area contributed by atoms with Crippen molar-refractivity contribution in [2.24, 2.45) is 0 Å². The number of esters is 1. The number of benzene rings is 2. The zero-order valence-electron chi connectivity index (χ0n) is 16.0. The molecule has 0 fully saturated rings. The number of aryl methyl sites for hydroxylation is 1. The monoisotopic (exact) mass is 381 g/mol. The fourth-order valence-electron chi connectivity index (χ4n) is 2.83. The van der Waals surface area contributed by atoms with E-state index in [4.69, 9.17) is 13.9 Å². The highest BCUT2D eigenvalue weighted by Crippen LogP contribution is 2.23. The first-order chi connectivity index (χ1) is 13.6. The Morgan fingerprint density at radius 1 is 1.07 bits per heavy atom. The van der Waals surface area contributed by atoms with Gasteiger partial charge < -0.3 is 19.2 Å². The molecule has 28 heavy (non-hydrogen) atoms. The molecule has 1 N–H and O–H groups in total. The molecule has 6 heteroatoms. The van der Waals surface area contributed by atoms with E-state index < -0.39 is 5.97 Å². The number of carbonyl (C=O) groups excluding carboxylic acids is 2. The molecule has 0 radical (unpaired) electrons. The second-order valence-electron chi connectivity index (χ2n) is 6.41. The first-order valence-electron chi connectivity index (χ1n) is 9.13. The molecule has 3 aromatic rings. The van der Waals surface area contributed by atoms with Gasteiger partial charge in [-0.3, -0.25) is 9.59 Å². The molecule has 146 valence electrons. The van der Waals surface area contributed by atoms with Gasteiger partial charge in [0, 0.05) is 17.5 Å². The Kier molecular flexibility index (Phi) is 6.32. The average molecular weight is 381 g/mol. The van der Waals surface area contributed by atoms with Crippen molar-refractivity contribution < 1.29 is 23.5 Å². The third kappa shape index (κ3) is 4.91. The largest absolute Gasteiger partial charge is 0.497 e. The van der Waals surface area contributed by atoms with Crippen LogP contribution in [0.5, 0.6) is 5.75 Å².